The quantitative estimate of drug-likeness (QED) is 0.755. The average molecular weight is 283 g/mol. The number of hydrogen-bond donors (Lipinski definition) is 3. The lowest BCUT2D eigenvalue weighted by molar-refractivity contribution is -0.136. The molecule has 2 rings (SSSR count). The van der Waals surface area contributed by atoms with Gasteiger partial charge in [0.15, 0.2) is 0 Å². The maximum atomic E-state index is 11.5. The summed E-state index contributed by atoms with van der Waals surface area (Å²) in [6.07, 6.45) is 0. The van der Waals surface area contributed by atoms with Gasteiger partial charge in [-0.25, -0.2) is 0 Å². The molecule has 0 heterocycles. The minimum atomic E-state index is -0.666. The predicted molar refractivity (Wildman–Crippen MR) is 83.5 cm³/mol. The molecule has 0 aromatic heterocycles. The van der Waals surface area contributed by atoms with Crippen LogP contribution in [0.15, 0.2) is 54.6 Å². The lowest BCUT2D eigenvalue weighted by atomic mass is 10.2. The van der Waals surface area contributed by atoms with Crippen LogP contribution in [0.2, 0.25) is 0 Å². The Morgan fingerprint density at radius 2 is 1.38 bits per heavy atom. The molecule has 2 amide bonds. The van der Waals surface area contributed by atoms with E-state index in [1.54, 1.807) is 19.1 Å². The van der Waals surface area contributed by atoms with Crippen LogP contribution in [0.25, 0.3) is 0 Å². The van der Waals surface area contributed by atoms with Crippen molar-refractivity contribution in [2.45, 2.75) is 6.92 Å². The fourth-order valence-corrected chi connectivity index (χ4v) is 1.75. The predicted octanol–water partition coefficient (Wildman–Crippen LogP) is 2.50. The highest BCUT2D eigenvalue weighted by atomic mass is 16.2. The van der Waals surface area contributed by atoms with Crippen molar-refractivity contribution >= 4 is 28.9 Å². The zero-order valence-electron chi connectivity index (χ0n) is 11.7. The van der Waals surface area contributed by atoms with Crippen LogP contribution < -0.4 is 16.0 Å². The van der Waals surface area contributed by atoms with Gasteiger partial charge in [-0.05, 0) is 43.3 Å². The van der Waals surface area contributed by atoms with E-state index in [1.807, 2.05) is 42.5 Å². The van der Waals surface area contributed by atoms with E-state index in [1.165, 1.54) is 0 Å². The van der Waals surface area contributed by atoms with Gasteiger partial charge in [0.25, 0.3) is 0 Å². The Morgan fingerprint density at radius 1 is 0.810 bits per heavy atom. The normalized spacial score (nSPS) is 9.76. The molecule has 0 aliphatic rings. The third-order valence-electron chi connectivity index (χ3n) is 2.75. The first-order valence-electron chi connectivity index (χ1n) is 6.70. The number of rotatable bonds is 4. The largest absolute Gasteiger partial charge is 0.356 e. The van der Waals surface area contributed by atoms with Gasteiger partial charge in [-0.3, -0.25) is 9.59 Å². The molecule has 108 valence electrons. The number of likely N-dealkylation sites (N-methyl/N-ethyl adjacent to an activating group) is 1. The molecule has 0 fully saturated rings. The number of para-hydroxylation sites is 1. The summed E-state index contributed by atoms with van der Waals surface area (Å²) in [6, 6.07) is 16.9. The minimum Gasteiger partial charge on any atom is -0.356 e. The number of nitrogens with one attached hydrogen (secondary N) is 3. The highest BCUT2D eigenvalue weighted by Crippen LogP contribution is 2.18. The summed E-state index contributed by atoms with van der Waals surface area (Å²) in [5.74, 6) is -1.30. The summed E-state index contributed by atoms with van der Waals surface area (Å²) in [7, 11) is 0. The van der Waals surface area contributed by atoms with Gasteiger partial charge in [0, 0.05) is 23.6 Å². The van der Waals surface area contributed by atoms with E-state index in [-0.39, 0.29) is 0 Å². The van der Waals surface area contributed by atoms with Crippen LogP contribution in [0.5, 0.6) is 0 Å². The molecule has 0 saturated heterocycles. The third-order valence-corrected chi connectivity index (χ3v) is 2.75. The van der Waals surface area contributed by atoms with Crippen molar-refractivity contribution < 1.29 is 9.59 Å². The highest BCUT2D eigenvalue weighted by molar-refractivity contribution is 6.39. The summed E-state index contributed by atoms with van der Waals surface area (Å²) in [5, 5.41) is 8.22. The molecule has 0 saturated carbocycles. The maximum absolute atomic E-state index is 11.5. The highest BCUT2D eigenvalue weighted by Gasteiger charge is 2.11. The lowest BCUT2D eigenvalue weighted by Gasteiger charge is -2.08. The van der Waals surface area contributed by atoms with E-state index in [4.69, 9.17) is 0 Å². The second-order valence-corrected chi connectivity index (χ2v) is 4.38. The first kappa shape index (κ1) is 14.6. The lowest BCUT2D eigenvalue weighted by Crippen LogP contribution is -2.35. The van der Waals surface area contributed by atoms with E-state index >= 15 is 0 Å². The molecule has 5 nitrogen and oxygen atoms in total. The first-order valence-corrected chi connectivity index (χ1v) is 6.70. The van der Waals surface area contributed by atoms with Crippen molar-refractivity contribution in [3.63, 3.8) is 0 Å². The monoisotopic (exact) mass is 283 g/mol. The molecule has 21 heavy (non-hydrogen) atoms. The van der Waals surface area contributed by atoms with Crippen LogP contribution in [0.3, 0.4) is 0 Å². The summed E-state index contributed by atoms with van der Waals surface area (Å²) in [5.41, 5.74) is 2.46. The second kappa shape index (κ2) is 7.09. The summed E-state index contributed by atoms with van der Waals surface area (Å²) in [4.78, 5) is 22.9. The Labute approximate surface area is 123 Å². The number of anilines is 3. The fourth-order valence-electron chi connectivity index (χ4n) is 1.75. The average Bonchev–Trinajstić information content (AvgIpc) is 2.50. The van der Waals surface area contributed by atoms with Gasteiger partial charge >= 0.3 is 11.8 Å². The Bertz CT molecular complexity index is 609. The molecule has 2 aromatic carbocycles. The molecule has 0 radical (unpaired) electrons. The zero-order valence-corrected chi connectivity index (χ0v) is 11.7. The molecule has 0 spiro atoms. The van der Waals surface area contributed by atoms with Crippen LogP contribution in [-0.4, -0.2) is 18.4 Å². The van der Waals surface area contributed by atoms with Crippen LogP contribution in [0, 0.1) is 0 Å². The molecular formula is C16H17N3O2. The molecule has 0 aliphatic heterocycles. The van der Waals surface area contributed by atoms with Gasteiger partial charge in [-0.1, -0.05) is 18.2 Å². The number of carbonyl (C=O) groups is 2. The van der Waals surface area contributed by atoms with Crippen molar-refractivity contribution in [3.05, 3.63) is 54.6 Å². The third kappa shape index (κ3) is 4.35. The van der Waals surface area contributed by atoms with Crippen LogP contribution >= 0.6 is 0 Å². The molecule has 2 aromatic rings. The van der Waals surface area contributed by atoms with E-state index < -0.39 is 11.8 Å². The molecule has 5 heteroatoms. The number of carbonyl (C=O) groups excluding carboxylic acids is 2. The topological polar surface area (TPSA) is 70.2 Å². The minimum absolute atomic E-state index is 0.423. The van der Waals surface area contributed by atoms with Crippen LogP contribution in [-0.2, 0) is 9.59 Å². The Hall–Kier alpha value is -2.82. The Morgan fingerprint density at radius 3 is 2.00 bits per heavy atom. The number of hydrogen-bond acceptors (Lipinski definition) is 3. The van der Waals surface area contributed by atoms with Gasteiger partial charge in [0.05, 0.1) is 0 Å². The van der Waals surface area contributed by atoms with Crippen molar-refractivity contribution in [3.8, 4) is 0 Å². The van der Waals surface area contributed by atoms with E-state index in [9.17, 15) is 9.59 Å². The van der Waals surface area contributed by atoms with E-state index in [0.29, 0.717) is 12.2 Å². The molecule has 0 atom stereocenters. The number of amides is 2. The molecule has 3 N–H and O–H groups in total. The zero-order chi connectivity index (χ0) is 15.1. The SMILES string of the molecule is CCNC(=O)C(=O)Nc1ccc(Nc2ccccc2)cc1. The van der Waals surface area contributed by atoms with Crippen LogP contribution in [0.1, 0.15) is 6.92 Å². The Balaban J connectivity index is 1.96. The van der Waals surface area contributed by atoms with Gasteiger partial charge in [-0.2, -0.15) is 0 Å². The molecule has 0 aliphatic carbocycles. The van der Waals surface area contributed by atoms with Crippen molar-refractivity contribution in [2.24, 2.45) is 0 Å². The Kier molecular flexibility index (Phi) is 4.93. The van der Waals surface area contributed by atoms with Crippen molar-refractivity contribution in [1.82, 2.24) is 5.32 Å². The van der Waals surface area contributed by atoms with Gasteiger partial charge in [-0.15, -0.1) is 0 Å². The molecular weight excluding hydrogens is 266 g/mol. The van der Waals surface area contributed by atoms with Gasteiger partial charge < -0.3 is 16.0 Å². The van der Waals surface area contributed by atoms with E-state index in [2.05, 4.69) is 16.0 Å². The second-order valence-electron chi connectivity index (χ2n) is 4.38. The number of benzene rings is 2. The molecule has 0 unspecified atom stereocenters. The summed E-state index contributed by atoms with van der Waals surface area (Å²) >= 11 is 0. The summed E-state index contributed by atoms with van der Waals surface area (Å²) in [6.45, 7) is 2.18. The van der Waals surface area contributed by atoms with Gasteiger partial charge in [0.2, 0.25) is 0 Å². The maximum Gasteiger partial charge on any atom is 0.313 e. The van der Waals surface area contributed by atoms with Crippen molar-refractivity contribution in [2.75, 3.05) is 17.2 Å². The molecule has 0 bridgehead atoms. The fraction of sp³-hybridized carbons (Fsp3) is 0.125. The standard InChI is InChI=1S/C16H17N3O2/c1-2-17-15(20)16(21)19-14-10-8-13(9-11-14)18-12-6-4-3-5-7-12/h3-11,18H,2H2,1H3,(H,17,20)(H,19,21). The van der Waals surface area contributed by atoms with E-state index in [0.717, 1.165) is 11.4 Å². The smallest absolute Gasteiger partial charge is 0.313 e. The van der Waals surface area contributed by atoms with Crippen LogP contribution in [0.4, 0.5) is 17.1 Å². The van der Waals surface area contributed by atoms with Gasteiger partial charge in [0.1, 0.15) is 0 Å². The summed E-state index contributed by atoms with van der Waals surface area (Å²) < 4.78 is 0. The first-order chi connectivity index (χ1) is 10.2. The van der Waals surface area contributed by atoms with Crippen molar-refractivity contribution in [1.29, 1.82) is 0 Å².